The molecule has 26 heavy (non-hydrogen) atoms. The molecule has 0 radical (unpaired) electrons. The Morgan fingerprint density at radius 1 is 1.12 bits per heavy atom. The molecule has 0 bridgehead atoms. The Kier molecular flexibility index (Phi) is 4.67. The minimum absolute atomic E-state index is 0.359. The highest BCUT2D eigenvalue weighted by Gasteiger charge is 2.15. The first kappa shape index (κ1) is 16.7. The van der Waals surface area contributed by atoms with Crippen molar-refractivity contribution < 1.29 is 14.0 Å². The molecule has 0 amide bonds. The van der Waals surface area contributed by atoms with Crippen molar-refractivity contribution in [2.75, 3.05) is 18.5 Å². The van der Waals surface area contributed by atoms with E-state index in [9.17, 15) is 0 Å². The maximum absolute atomic E-state index is 6.34. The predicted molar refractivity (Wildman–Crippen MR) is 98.9 cm³/mol. The van der Waals surface area contributed by atoms with Crippen LogP contribution in [-0.4, -0.2) is 23.4 Å². The standard InChI is InChI=1S/C19H18ClN3O3/c1-12-5-2-3-6-13(12)19-22-18(26-23-19)11-21-15-10-17-16(9-14(15)20)24-7-4-8-25-17/h2-3,5-6,9-10,21H,4,7-8,11H2,1H3. The van der Waals surface area contributed by atoms with E-state index in [-0.39, 0.29) is 0 Å². The zero-order valence-electron chi connectivity index (χ0n) is 14.3. The second-order valence-corrected chi connectivity index (χ2v) is 6.42. The van der Waals surface area contributed by atoms with Gasteiger partial charge in [-0.15, -0.1) is 0 Å². The quantitative estimate of drug-likeness (QED) is 0.729. The van der Waals surface area contributed by atoms with Crippen molar-refractivity contribution in [2.45, 2.75) is 19.9 Å². The number of aryl methyl sites for hydroxylation is 1. The molecule has 1 N–H and O–H groups in total. The van der Waals surface area contributed by atoms with Crippen LogP contribution in [0.25, 0.3) is 11.4 Å². The summed E-state index contributed by atoms with van der Waals surface area (Å²) in [5.41, 5.74) is 2.78. The Bertz CT molecular complexity index is 926. The molecule has 0 fully saturated rings. The second-order valence-electron chi connectivity index (χ2n) is 6.01. The highest BCUT2D eigenvalue weighted by atomic mass is 35.5. The van der Waals surface area contributed by atoms with E-state index in [1.54, 1.807) is 6.07 Å². The van der Waals surface area contributed by atoms with E-state index in [0.717, 1.165) is 23.2 Å². The first-order valence-corrected chi connectivity index (χ1v) is 8.80. The molecule has 0 aliphatic carbocycles. The Morgan fingerprint density at radius 3 is 2.69 bits per heavy atom. The number of hydrogen-bond acceptors (Lipinski definition) is 6. The zero-order valence-corrected chi connectivity index (χ0v) is 15.0. The van der Waals surface area contributed by atoms with Gasteiger partial charge in [0.2, 0.25) is 11.7 Å². The van der Waals surface area contributed by atoms with Crippen LogP contribution in [0.2, 0.25) is 5.02 Å². The van der Waals surface area contributed by atoms with Gasteiger partial charge in [0.25, 0.3) is 0 Å². The SMILES string of the molecule is Cc1ccccc1-c1noc(CNc2cc3c(cc2Cl)OCCCO3)n1. The summed E-state index contributed by atoms with van der Waals surface area (Å²) in [5, 5.41) is 7.83. The van der Waals surface area contributed by atoms with Gasteiger partial charge in [-0.25, -0.2) is 0 Å². The van der Waals surface area contributed by atoms with Gasteiger partial charge in [0.1, 0.15) is 0 Å². The lowest BCUT2D eigenvalue weighted by Crippen LogP contribution is -2.01. The fourth-order valence-corrected chi connectivity index (χ4v) is 2.97. The molecule has 2 heterocycles. The van der Waals surface area contributed by atoms with Crippen molar-refractivity contribution in [3.8, 4) is 22.9 Å². The number of aromatic nitrogens is 2. The Labute approximate surface area is 156 Å². The van der Waals surface area contributed by atoms with Crippen LogP contribution in [0.4, 0.5) is 5.69 Å². The average molecular weight is 372 g/mol. The van der Waals surface area contributed by atoms with Crippen LogP contribution in [0.5, 0.6) is 11.5 Å². The number of anilines is 1. The highest BCUT2D eigenvalue weighted by molar-refractivity contribution is 6.33. The molecule has 0 unspecified atom stereocenters. The van der Waals surface area contributed by atoms with E-state index in [1.807, 2.05) is 37.3 Å². The van der Waals surface area contributed by atoms with Crippen molar-refractivity contribution in [1.29, 1.82) is 0 Å². The van der Waals surface area contributed by atoms with Gasteiger partial charge in [-0.05, 0) is 12.5 Å². The largest absolute Gasteiger partial charge is 0.490 e. The molecule has 1 aromatic heterocycles. The number of fused-ring (bicyclic) bond motifs is 1. The van der Waals surface area contributed by atoms with Crippen LogP contribution < -0.4 is 14.8 Å². The Hall–Kier alpha value is -2.73. The number of nitrogens with one attached hydrogen (secondary N) is 1. The predicted octanol–water partition coefficient (Wildman–Crippen LogP) is 4.47. The van der Waals surface area contributed by atoms with Gasteiger partial charge in [-0.1, -0.05) is 41.0 Å². The zero-order chi connectivity index (χ0) is 17.9. The summed E-state index contributed by atoms with van der Waals surface area (Å²) in [6.45, 7) is 3.62. The molecule has 2 aromatic carbocycles. The summed E-state index contributed by atoms with van der Waals surface area (Å²) >= 11 is 6.34. The molecule has 1 aliphatic rings. The van der Waals surface area contributed by atoms with Crippen LogP contribution in [0, 0.1) is 6.92 Å². The lowest BCUT2D eigenvalue weighted by Gasteiger charge is -2.12. The lowest BCUT2D eigenvalue weighted by molar-refractivity contribution is 0.297. The third kappa shape index (κ3) is 3.46. The monoisotopic (exact) mass is 371 g/mol. The number of benzene rings is 2. The molecule has 7 heteroatoms. The van der Waals surface area contributed by atoms with E-state index in [1.165, 1.54) is 0 Å². The summed E-state index contributed by atoms with van der Waals surface area (Å²) in [6, 6.07) is 11.5. The molecule has 0 saturated carbocycles. The van der Waals surface area contributed by atoms with Gasteiger partial charge in [-0.3, -0.25) is 0 Å². The van der Waals surface area contributed by atoms with Gasteiger partial charge in [0.15, 0.2) is 11.5 Å². The van der Waals surface area contributed by atoms with Crippen LogP contribution in [-0.2, 0) is 6.54 Å². The third-order valence-electron chi connectivity index (χ3n) is 4.12. The molecule has 4 rings (SSSR count). The van der Waals surface area contributed by atoms with Crippen LogP contribution in [0.1, 0.15) is 17.9 Å². The first-order valence-electron chi connectivity index (χ1n) is 8.42. The van der Waals surface area contributed by atoms with E-state index < -0.39 is 0 Å². The molecule has 6 nitrogen and oxygen atoms in total. The minimum atomic E-state index is 0.359. The molecule has 3 aromatic rings. The maximum Gasteiger partial charge on any atom is 0.246 e. The molecule has 1 aliphatic heterocycles. The fraction of sp³-hybridized carbons (Fsp3) is 0.263. The molecule has 134 valence electrons. The van der Waals surface area contributed by atoms with Gasteiger partial charge in [-0.2, -0.15) is 4.98 Å². The summed E-state index contributed by atoms with van der Waals surface area (Å²) in [7, 11) is 0. The summed E-state index contributed by atoms with van der Waals surface area (Å²) in [5.74, 6) is 2.40. The smallest absolute Gasteiger partial charge is 0.246 e. The number of halogens is 1. The summed E-state index contributed by atoms with van der Waals surface area (Å²) in [6.07, 6.45) is 0.846. The van der Waals surface area contributed by atoms with Crippen LogP contribution in [0.15, 0.2) is 40.9 Å². The van der Waals surface area contributed by atoms with Crippen LogP contribution in [0.3, 0.4) is 0 Å². The van der Waals surface area contributed by atoms with Crippen LogP contribution >= 0.6 is 11.6 Å². The normalized spacial score (nSPS) is 13.3. The fourth-order valence-electron chi connectivity index (χ4n) is 2.75. The topological polar surface area (TPSA) is 69.4 Å². The van der Waals surface area contributed by atoms with Crippen molar-refractivity contribution in [2.24, 2.45) is 0 Å². The molecule has 0 saturated heterocycles. The van der Waals surface area contributed by atoms with Crippen molar-refractivity contribution in [3.05, 3.63) is 52.9 Å². The van der Waals surface area contributed by atoms with Gasteiger partial charge in [0.05, 0.1) is 30.5 Å². The Morgan fingerprint density at radius 2 is 1.88 bits per heavy atom. The van der Waals surface area contributed by atoms with Gasteiger partial charge >= 0.3 is 0 Å². The van der Waals surface area contributed by atoms with E-state index >= 15 is 0 Å². The van der Waals surface area contributed by atoms with E-state index in [0.29, 0.717) is 48.0 Å². The van der Waals surface area contributed by atoms with E-state index in [2.05, 4.69) is 15.5 Å². The molecule has 0 spiro atoms. The molecular weight excluding hydrogens is 354 g/mol. The maximum atomic E-state index is 6.34. The van der Waals surface area contributed by atoms with Crippen molar-refractivity contribution >= 4 is 17.3 Å². The number of rotatable bonds is 4. The summed E-state index contributed by atoms with van der Waals surface area (Å²) in [4.78, 5) is 4.45. The number of hydrogen-bond donors (Lipinski definition) is 1. The number of ether oxygens (including phenoxy) is 2. The van der Waals surface area contributed by atoms with E-state index in [4.69, 9.17) is 25.6 Å². The van der Waals surface area contributed by atoms with Crippen molar-refractivity contribution in [1.82, 2.24) is 10.1 Å². The molecule has 0 atom stereocenters. The second kappa shape index (κ2) is 7.25. The highest BCUT2D eigenvalue weighted by Crippen LogP contribution is 2.37. The summed E-state index contributed by atoms with van der Waals surface area (Å²) < 4.78 is 16.7. The first-order chi connectivity index (χ1) is 12.7. The Balaban J connectivity index is 1.50. The van der Waals surface area contributed by atoms with Crippen molar-refractivity contribution in [3.63, 3.8) is 0 Å². The van der Waals surface area contributed by atoms with Gasteiger partial charge in [0, 0.05) is 24.1 Å². The third-order valence-corrected chi connectivity index (χ3v) is 4.43. The lowest BCUT2D eigenvalue weighted by atomic mass is 10.1. The number of nitrogens with zero attached hydrogens (tertiary/aromatic N) is 2. The molecular formula is C19H18ClN3O3. The minimum Gasteiger partial charge on any atom is -0.490 e. The average Bonchev–Trinajstić information content (AvgIpc) is 2.99. The van der Waals surface area contributed by atoms with Gasteiger partial charge < -0.3 is 19.3 Å².